The van der Waals surface area contributed by atoms with E-state index < -0.39 is 0 Å². The molecule has 5 nitrogen and oxygen atoms in total. The van der Waals surface area contributed by atoms with E-state index in [2.05, 4.69) is 34.5 Å². The molecule has 2 N–H and O–H groups in total. The number of nitrogens with zero attached hydrogens (tertiary/aromatic N) is 3. The number of fused-ring (bicyclic) bond motifs is 1. The van der Waals surface area contributed by atoms with Gasteiger partial charge < -0.3 is 10.6 Å². The van der Waals surface area contributed by atoms with Crippen LogP contribution in [0.15, 0.2) is 22.8 Å². The molecule has 0 aliphatic heterocycles. The lowest BCUT2D eigenvalue weighted by molar-refractivity contribution is 0.697. The van der Waals surface area contributed by atoms with Crippen LogP contribution >= 0.6 is 35.3 Å². The van der Waals surface area contributed by atoms with E-state index in [0.29, 0.717) is 12.6 Å². The molecule has 0 spiro atoms. The summed E-state index contributed by atoms with van der Waals surface area (Å²) in [6, 6.07) is 0.367. The Kier molecular flexibility index (Phi) is 5.86. The van der Waals surface area contributed by atoms with Crippen LogP contribution in [0.3, 0.4) is 0 Å². The summed E-state index contributed by atoms with van der Waals surface area (Å²) in [5.41, 5.74) is 1.02. The van der Waals surface area contributed by atoms with Crippen molar-refractivity contribution in [1.29, 1.82) is 0 Å². The molecule has 100 valence electrons. The molecular weight excluding hydrogens is 361 g/mol. The third-order valence-electron chi connectivity index (χ3n) is 2.23. The molecule has 0 unspecified atom stereocenters. The Labute approximate surface area is 128 Å². The zero-order valence-electron chi connectivity index (χ0n) is 10.7. The van der Waals surface area contributed by atoms with Crippen LogP contribution in [-0.4, -0.2) is 28.4 Å². The van der Waals surface area contributed by atoms with Gasteiger partial charge in [0.05, 0.1) is 12.2 Å². The minimum absolute atomic E-state index is 0. The van der Waals surface area contributed by atoms with Crippen molar-refractivity contribution in [2.75, 3.05) is 7.05 Å². The van der Waals surface area contributed by atoms with Gasteiger partial charge in [0.15, 0.2) is 10.9 Å². The molecule has 0 aromatic carbocycles. The van der Waals surface area contributed by atoms with E-state index in [-0.39, 0.29) is 24.0 Å². The number of nitrogens with one attached hydrogen (secondary N) is 2. The summed E-state index contributed by atoms with van der Waals surface area (Å²) < 4.78 is 2.03. The van der Waals surface area contributed by atoms with Crippen molar-refractivity contribution in [3.63, 3.8) is 0 Å². The molecule has 2 aromatic heterocycles. The van der Waals surface area contributed by atoms with Gasteiger partial charge in [0, 0.05) is 30.9 Å². The molecule has 18 heavy (non-hydrogen) atoms. The number of aliphatic imine (C=N–C) groups is 1. The molecule has 0 atom stereocenters. The van der Waals surface area contributed by atoms with Gasteiger partial charge in [0.25, 0.3) is 0 Å². The van der Waals surface area contributed by atoms with Gasteiger partial charge >= 0.3 is 0 Å². The van der Waals surface area contributed by atoms with Crippen molar-refractivity contribution >= 4 is 46.2 Å². The van der Waals surface area contributed by atoms with Crippen molar-refractivity contribution in [1.82, 2.24) is 20.0 Å². The highest BCUT2D eigenvalue weighted by molar-refractivity contribution is 14.0. The predicted molar refractivity (Wildman–Crippen MR) is 87.0 cm³/mol. The fourth-order valence-electron chi connectivity index (χ4n) is 1.50. The molecule has 0 bridgehead atoms. The zero-order chi connectivity index (χ0) is 12.3. The molecular formula is C11H18IN5S. The third kappa shape index (κ3) is 3.84. The summed E-state index contributed by atoms with van der Waals surface area (Å²) in [4.78, 5) is 9.66. The van der Waals surface area contributed by atoms with Gasteiger partial charge in [0.2, 0.25) is 0 Å². The molecule has 7 heteroatoms. The van der Waals surface area contributed by atoms with Crippen LogP contribution in [0.1, 0.15) is 19.5 Å². The van der Waals surface area contributed by atoms with Crippen molar-refractivity contribution in [3.05, 3.63) is 23.5 Å². The van der Waals surface area contributed by atoms with Crippen LogP contribution in [0, 0.1) is 0 Å². The number of rotatable bonds is 3. The summed E-state index contributed by atoms with van der Waals surface area (Å²) in [7, 11) is 1.77. The second-order valence-corrected chi connectivity index (χ2v) is 4.92. The van der Waals surface area contributed by atoms with Crippen LogP contribution in [0.5, 0.6) is 0 Å². The fourth-order valence-corrected chi connectivity index (χ4v) is 2.22. The number of halogens is 1. The lowest BCUT2D eigenvalue weighted by atomic mass is 10.4. The molecule has 2 heterocycles. The van der Waals surface area contributed by atoms with Gasteiger partial charge in [-0.3, -0.25) is 9.39 Å². The van der Waals surface area contributed by atoms with E-state index in [1.54, 1.807) is 18.4 Å². The number of hydrogen-bond donors (Lipinski definition) is 2. The Balaban J connectivity index is 0.00000162. The molecule has 2 aromatic rings. The lowest BCUT2D eigenvalue weighted by Gasteiger charge is -2.13. The number of thiazole rings is 1. The molecule has 0 amide bonds. The van der Waals surface area contributed by atoms with Gasteiger partial charge in [-0.2, -0.15) is 0 Å². The Morgan fingerprint density at radius 3 is 2.94 bits per heavy atom. The van der Waals surface area contributed by atoms with Gasteiger partial charge in [-0.25, -0.2) is 4.98 Å². The van der Waals surface area contributed by atoms with Crippen molar-refractivity contribution in [2.24, 2.45) is 4.99 Å². The topological polar surface area (TPSA) is 53.7 Å². The van der Waals surface area contributed by atoms with Crippen molar-refractivity contribution < 1.29 is 0 Å². The van der Waals surface area contributed by atoms with Gasteiger partial charge in [-0.05, 0) is 13.8 Å². The van der Waals surface area contributed by atoms with E-state index in [9.17, 15) is 0 Å². The average Bonchev–Trinajstić information content (AvgIpc) is 2.83. The van der Waals surface area contributed by atoms with Crippen LogP contribution in [-0.2, 0) is 6.54 Å². The first-order chi connectivity index (χ1) is 8.19. The summed E-state index contributed by atoms with van der Waals surface area (Å²) >= 11 is 1.64. The zero-order valence-corrected chi connectivity index (χ0v) is 13.8. The highest BCUT2D eigenvalue weighted by Crippen LogP contribution is 2.10. The van der Waals surface area contributed by atoms with Crippen LogP contribution in [0.4, 0.5) is 0 Å². The molecule has 0 saturated carbocycles. The molecule has 0 saturated heterocycles. The quantitative estimate of drug-likeness (QED) is 0.488. The van der Waals surface area contributed by atoms with Crippen molar-refractivity contribution in [2.45, 2.75) is 26.4 Å². The summed E-state index contributed by atoms with van der Waals surface area (Å²) in [6.45, 7) is 4.85. The maximum Gasteiger partial charge on any atom is 0.193 e. The standard InChI is InChI=1S/C11H17N5S.HI/c1-8(2)14-10(12-3)13-6-9-7-16-4-5-17-11(16)15-9;/h4-5,7-8H,6H2,1-3H3,(H2,12,13,14);1H. The third-order valence-corrected chi connectivity index (χ3v) is 3.00. The Bertz CT molecular complexity index is 488. The SMILES string of the molecule is CN=C(NCc1cn2ccsc2n1)NC(C)C.I. The Morgan fingerprint density at radius 2 is 2.33 bits per heavy atom. The second kappa shape index (κ2) is 6.93. The van der Waals surface area contributed by atoms with E-state index in [0.717, 1.165) is 16.6 Å². The summed E-state index contributed by atoms with van der Waals surface area (Å²) in [5, 5.41) is 8.50. The number of aromatic nitrogens is 2. The fraction of sp³-hybridized carbons (Fsp3) is 0.455. The van der Waals surface area contributed by atoms with Gasteiger partial charge in [0.1, 0.15) is 0 Å². The lowest BCUT2D eigenvalue weighted by Crippen LogP contribution is -2.40. The molecule has 0 radical (unpaired) electrons. The minimum Gasteiger partial charge on any atom is -0.354 e. The van der Waals surface area contributed by atoms with Gasteiger partial charge in [-0.15, -0.1) is 35.3 Å². The number of imidazole rings is 1. The normalized spacial score (nSPS) is 11.7. The maximum absolute atomic E-state index is 4.49. The van der Waals surface area contributed by atoms with Crippen molar-refractivity contribution in [3.8, 4) is 0 Å². The first-order valence-electron chi connectivity index (χ1n) is 5.57. The van der Waals surface area contributed by atoms with E-state index in [4.69, 9.17) is 0 Å². The summed E-state index contributed by atoms with van der Waals surface area (Å²) in [6.07, 6.45) is 4.04. The van der Waals surface area contributed by atoms with Crippen LogP contribution < -0.4 is 10.6 Å². The Hall–Kier alpha value is -0.830. The molecule has 0 aliphatic carbocycles. The summed E-state index contributed by atoms with van der Waals surface area (Å²) in [5.74, 6) is 0.802. The smallest absolute Gasteiger partial charge is 0.193 e. The molecule has 2 rings (SSSR count). The highest BCUT2D eigenvalue weighted by Gasteiger charge is 2.04. The molecule has 0 fully saturated rings. The maximum atomic E-state index is 4.49. The van der Waals surface area contributed by atoms with E-state index in [1.165, 1.54) is 0 Å². The first kappa shape index (κ1) is 15.2. The van der Waals surface area contributed by atoms with E-state index in [1.807, 2.05) is 22.2 Å². The minimum atomic E-state index is 0. The van der Waals surface area contributed by atoms with Crippen LogP contribution in [0.25, 0.3) is 4.96 Å². The molecule has 0 aliphatic rings. The van der Waals surface area contributed by atoms with Gasteiger partial charge in [-0.1, -0.05) is 0 Å². The van der Waals surface area contributed by atoms with Crippen LogP contribution in [0.2, 0.25) is 0 Å². The Morgan fingerprint density at radius 1 is 1.56 bits per heavy atom. The average molecular weight is 379 g/mol. The largest absolute Gasteiger partial charge is 0.354 e. The predicted octanol–water partition coefficient (Wildman–Crippen LogP) is 2.09. The number of guanidine groups is 1. The highest BCUT2D eigenvalue weighted by atomic mass is 127. The first-order valence-corrected chi connectivity index (χ1v) is 6.45. The monoisotopic (exact) mass is 379 g/mol. The number of hydrogen-bond acceptors (Lipinski definition) is 3. The van der Waals surface area contributed by atoms with E-state index >= 15 is 0 Å². The second-order valence-electron chi connectivity index (χ2n) is 4.05.